The number of carboxylic acid groups (broad SMARTS) is 1. The minimum absolute atomic E-state index is 0.354. The van der Waals surface area contributed by atoms with Crippen LogP contribution in [0.15, 0.2) is 112 Å². The fourth-order valence-corrected chi connectivity index (χ4v) is 4.60. The Bertz CT molecular complexity index is 913. The lowest BCUT2D eigenvalue weighted by molar-refractivity contribution is -0.133. The molecule has 3 rings (SSSR count). The minimum atomic E-state index is -1.20. The van der Waals surface area contributed by atoms with E-state index >= 15 is 0 Å². The maximum Gasteiger partial charge on any atom is 0.336 e. The topological polar surface area (TPSA) is 63.6 Å². The molecule has 4 nitrogen and oxygen atoms in total. The predicted molar refractivity (Wildman–Crippen MR) is 104 cm³/mol. The molecule has 0 aliphatic rings. The third kappa shape index (κ3) is 5.09. The number of benzene rings is 3. The number of hydrogen-bond acceptors (Lipinski definition) is 3. The number of carboxylic acids is 1. The van der Waals surface area contributed by atoms with Crippen LogP contribution in [0.3, 0.4) is 0 Å². The Kier molecular flexibility index (Phi) is 6.07. The number of carbonyl (C=O) groups is 2. The Morgan fingerprint density at radius 2 is 1.30 bits per heavy atom. The highest BCUT2D eigenvalue weighted by Crippen LogP contribution is 2.32. The molecule has 3 aromatic carbocycles. The van der Waals surface area contributed by atoms with Crippen molar-refractivity contribution in [1.82, 2.24) is 0 Å². The van der Waals surface area contributed by atoms with Gasteiger partial charge in [0.25, 0.3) is 0 Å². The van der Waals surface area contributed by atoms with Crippen molar-refractivity contribution in [3.63, 3.8) is 0 Å². The molecule has 0 unspecified atom stereocenters. The Labute approximate surface area is 160 Å². The lowest BCUT2D eigenvalue weighted by atomic mass is 10.3. The highest BCUT2D eigenvalue weighted by atomic mass is 32.2. The fraction of sp³-hybridized carbons (Fsp3) is 0. The third-order valence-corrected chi connectivity index (χ3v) is 5.79. The monoisotopic (exact) mass is 377 g/mol. The average Bonchev–Trinajstić information content (AvgIpc) is 2.69. The van der Waals surface area contributed by atoms with Crippen LogP contribution in [-0.4, -0.2) is 17.0 Å². The van der Waals surface area contributed by atoms with E-state index in [2.05, 4.69) is 24.3 Å². The second kappa shape index (κ2) is 8.87. The van der Waals surface area contributed by atoms with Crippen molar-refractivity contribution in [3.05, 3.63) is 97.1 Å². The van der Waals surface area contributed by atoms with Gasteiger partial charge in [-0.1, -0.05) is 42.5 Å². The Balaban J connectivity index is 1.94. The maximum absolute atomic E-state index is 11.8. The second-order valence-corrected chi connectivity index (χ2v) is 7.53. The van der Waals surface area contributed by atoms with Crippen LogP contribution in [0.25, 0.3) is 0 Å². The van der Waals surface area contributed by atoms with E-state index < -0.39 is 11.9 Å². The second-order valence-electron chi connectivity index (χ2n) is 5.50. The van der Waals surface area contributed by atoms with Gasteiger partial charge < -0.3 is 9.84 Å². The Morgan fingerprint density at radius 1 is 0.741 bits per heavy atom. The lowest BCUT2D eigenvalue weighted by Crippen LogP contribution is -2.07. The first-order valence-electron chi connectivity index (χ1n) is 8.21. The Morgan fingerprint density at radius 3 is 1.85 bits per heavy atom. The lowest BCUT2D eigenvalue weighted by Gasteiger charge is -2.09. The van der Waals surface area contributed by atoms with Gasteiger partial charge in [-0.05, 0) is 36.4 Å². The number of ether oxygens (including phenoxy) is 1. The number of rotatable bonds is 6. The highest BCUT2D eigenvalue weighted by Gasteiger charge is 2.28. The van der Waals surface area contributed by atoms with Crippen LogP contribution in [0.1, 0.15) is 0 Å². The molecule has 0 atom stereocenters. The van der Waals surface area contributed by atoms with E-state index in [1.807, 2.05) is 54.6 Å². The molecule has 0 fully saturated rings. The van der Waals surface area contributed by atoms with Crippen molar-refractivity contribution in [3.8, 4) is 5.75 Å². The van der Waals surface area contributed by atoms with Crippen molar-refractivity contribution < 1.29 is 19.4 Å². The van der Waals surface area contributed by atoms with Crippen LogP contribution in [0.5, 0.6) is 5.75 Å². The van der Waals surface area contributed by atoms with Gasteiger partial charge in [-0.15, -0.1) is 0 Å². The fourth-order valence-electron chi connectivity index (χ4n) is 2.48. The molecule has 0 radical (unpaired) electrons. The van der Waals surface area contributed by atoms with Gasteiger partial charge in [0.1, 0.15) is 5.75 Å². The van der Waals surface area contributed by atoms with Crippen LogP contribution in [0, 0.1) is 0 Å². The van der Waals surface area contributed by atoms with Gasteiger partial charge in [0, 0.05) is 18.2 Å². The Hall–Kier alpha value is -3.31. The van der Waals surface area contributed by atoms with Crippen molar-refractivity contribution >= 4 is 22.8 Å². The zero-order chi connectivity index (χ0) is 19.1. The molecular formula is C22H17O4S+. The van der Waals surface area contributed by atoms with Crippen LogP contribution in [0.2, 0.25) is 0 Å². The quantitative estimate of drug-likeness (QED) is 0.301. The molecule has 0 saturated carbocycles. The first-order chi connectivity index (χ1) is 13.1. The molecule has 3 aromatic rings. The maximum atomic E-state index is 11.8. The molecule has 0 aliphatic heterocycles. The molecule has 0 saturated heterocycles. The zero-order valence-electron chi connectivity index (χ0n) is 14.3. The summed E-state index contributed by atoms with van der Waals surface area (Å²) < 4.78 is 5.24. The molecule has 0 bridgehead atoms. The summed E-state index contributed by atoms with van der Waals surface area (Å²) in [6.07, 6.45) is 1.65. The van der Waals surface area contributed by atoms with E-state index in [1.165, 1.54) is 0 Å². The van der Waals surface area contributed by atoms with E-state index in [9.17, 15) is 9.59 Å². The summed E-state index contributed by atoms with van der Waals surface area (Å²) >= 11 is 0. The predicted octanol–water partition coefficient (Wildman–Crippen LogP) is 4.33. The molecule has 0 heterocycles. The van der Waals surface area contributed by atoms with Gasteiger partial charge in [-0.2, -0.15) is 0 Å². The van der Waals surface area contributed by atoms with Gasteiger partial charge in [0.15, 0.2) is 14.7 Å². The number of esters is 1. The summed E-state index contributed by atoms with van der Waals surface area (Å²) in [5, 5.41) is 8.60. The van der Waals surface area contributed by atoms with Gasteiger partial charge in [0.05, 0.1) is 10.9 Å². The molecule has 1 N–H and O–H groups in total. The summed E-state index contributed by atoms with van der Waals surface area (Å²) in [5.41, 5.74) is 0. The molecule has 0 aromatic heterocycles. The normalized spacial score (nSPS) is 10.9. The minimum Gasteiger partial charge on any atom is -0.478 e. The van der Waals surface area contributed by atoms with E-state index in [4.69, 9.17) is 9.84 Å². The van der Waals surface area contributed by atoms with Crippen molar-refractivity contribution in [2.45, 2.75) is 14.7 Å². The van der Waals surface area contributed by atoms with Gasteiger partial charge in [0.2, 0.25) is 0 Å². The first kappa shape index (κ1) is 18.5. The first-order valence-corrected chi connectivity index (χ1v) is 9.43. The molecule has 27 heavy (non-hydrogen) atoms. The largest absolute Gasteiger partial charge is 0.478 e. The number of carbonyl (C=O) groups excluding carboxylic acids is 1. The molecule has 0 amide bonds. The molecule has 5 heteroatoms. The summed E-state index contributed by atoms with van der Waals surface area (Å²) in [5.74, 6) is -1.55. The van der Waals surface area contributed by atoms with Crippen molar-refractivity contribution in [1.29, 1.82) is 0 Å². The van der Waals surface area contributed by atoms with Crippen LogP contribution < -0.4 is 4.74 Å². The van der Waals surface area contributed by atoms with Crippen LogP contribution in [-0.2, 0) is 20.5 Å². The van der Waals surface area contributed by atoms with Gasteiger partial charge in [-0.25, -0.2) is 9.59 Å². The summed E-state index contributed by atoms with van der Waals surface area (Å²) in [6.45, 7) is 0. The molecule has 0 aliphatic carbocycles. The number of aliphatic carboxylic acids is 1. The summed E-state index contributed by atoms with van der Waals surface area (Å²) in [4.78, 5) is 25.6. The standard InChI is InChI=1S/C22H16O4S/c23-21(24)14-15-22(25)26-17-8-7-13-20(16-17)27(18-9-3-1-4-10-18)19-11-5-2-6-12-19/h1-16H/p+1/b15-14-. The van der Waals surface area contributed by atoms with E-state index in [0.717, 1.165) is 26.8 Å². The SMILES string of the molecule is O=C(O)/C=C\C(=O)Oc1cccc([S+](c2ccccc2)c2ccccc2)c1. The van der Waals surface area contributed by atoms with Crippen LogP contribution >= 0.6 is 0 Å². The summed E-state index contributed by atoms with van der Waals surface area (Å²) in [6, 6.07) is 27.5. The third-order valence-electron chi connectivity index (χ3n) is 3.58. The van der Waals surface area contributed by atoms with Crippen LogP contribution in [0.4, 0.5) is 0 Å². The van der Waals surface area contributed by atoms with Gasteiger partial charge >= 0.3 is 11.9 Å². The van der Waals surface area contributed by atoms with E-state index in [-0.39, 0.29) is 10.9 Å². The smallest absolute Gasteiger partial charge is 0.336 e. The van der Waals surface area contributed by atoms with Crippen molar-refractivity contribution in [2.24, 2.45) is 0 Å². The van der Waals surface area contributed by atoms with Crippen molar-refractivity contribution in [2.75, 3.05) is 0 Å². The zero-order valence-corrected chi connectivity index (χ0v) is 15.1. The van der Waals surface area contributed by atoms with E-state index in [1.54, 1.807) is 6.07 Å². The highest BCUT2D eigenvalue weighted by molar-refractivity contribution is 7.97. The summed E-state index contributed by atoms with van der Waals surface area (Å²) in [7, 11) is -0.354. The van der Waals surface area contributed by atoms with E-state index in [0.29, 0.717) is 5.75 Å². The molecule has 134 valence electrons. The molecule has 0 spiro atoms. The number of hydrogen-bond donors (Lipinski definition) is 1. The van der Waals surface area contributed by atoms with Gasteiger partial charge in [-0.3, -0.25) is 0 Å². The average molecular weight is 377 g/mol. The molecular weight excluding hydrogens is 360 g/mol.